The Morgan fingerprint density at radius 3 is 2.26 bits per heavy atom. The standard InChI is InChI=1S/C16H14BrFO/c1-11-9-13(10-15(18)16(11)17)4-3-12-5-7-14(19-2)8-6-12/h3-10H,1-2H3/b4-3+. The van der Waals surface area contributed by atoms with Crippen molar-refractivity contribution in [1.82, 2.24) is 0 Å². The summed E-state index contributed by atoms with van der Waals surface area (Å²) in [5.41, 5.74) is 2.77. The molecule has 1 nitrogen and oxygen atoms in total. The fourth-order valence-corrected chi connectivity index (χ4v) is 1.99. The number of hydrogen-bond donors (Lipinski definition) is 0. The largest absolute Gasteiger partial charge is 0.497 e. The van der Waals surface area contributed by atoms with Gasteiger partial charge in [-0.25, -0.2) is 4.39 Å². The fourth-order valence-electron chi connectivity index (χ4n) is 1.76. The number of hydrogen-bond acceptors (Lipinski definition) is 1. The lowest BCUT2D eigenvalue weighted by Crippen LogP contribution is -1.85. The van der Waals surface area contributed by atoms with Crippen LogP contribution in [0.5, 0.6) is 5.75 Å². The van der Waals surface area contributed by atoms with Crippen molar-refractivity contribution in [3.63, 3.8) is 0 Å². The van der Waals surface area contributed by atoms with Gasteiger partial charge in [-0.05, 0) is 57.7 Å². The molecule has 0 aromatic heterocycles. The lowest BCUT2D eigenvalue weighted by Gasteiger charge is -2.02. The average Bonchev–Trinajstić information content (AvgIpc) is 2.43. The molecule has 98 valence electrons. The number of methoxy groups -OCH3 is 1. The number of benzene rings is 2. The van der Waals surface area contributed by atoms with E-state index in [4.69, 9.17) is 4.74 Å². The van der Waals surface area contributed by atoms with Crippen LogP contribution in [0.3, 0.4) is 0 Å². The highest BCUT2D eigenvalue weighted by Gasteiger charge is 2.03. The SMILES string of the molecule is COc1ccc(/C=C/c2cc(C)c(Br)c(F)c2)cc1. The molecule has 0 heterocycles. The van der Waals surface area contributed by atoms with E-state index in [1.165, 1.54) is 6.07 Å². The van der Waals surface area contributed by atoms with Gasteiger partial charge in [-0.3, -0.25) is 0 Å². The number of aryl methyl sites for hydroxylation is 1. The summed E-state index contributed by atoms with van der Waals surface area (Å²) in [5, 5.41) is 0. The van der Waals surface area contributed by atoms with Crippen LogP contribution in [-0.2, 0) is 0 Å². The van der Waals surface area contributed by atoms with Crippen molar-refractivity contribution < 1.29 is 9.13 Å². The van der Waals surface area contributed by atoms with E-state index in [2.05, 4.69) is 15.9 Å². The second-order valence-corrected chi connectivity index (χ2v) is 5.03. The van der Waals surface area contributed by atoms with E-state index in [0.29, 0.717) is 4.47 Å². The molecule has 2 aromatic carbocycles. The summed E-state index contributed by atoms with van der Waals surface area (Å²) in [6.07, 6.45) is 3.84. The minimum Gasteiger partial charge on any atom is -0.497 e. The van der Waals surface area contributed by atoms with Crippen LogP contribution in [0.4, 0.5) is 4.39 Å². The van der Waals surface area contributed by atoms with Crippen molar-refractivity contribution in [2.24, 2.45) is 0 Å². The Morgan fingerprint density at radius 1 is 1.05 bits per heavy atom. The van der Waals surface area contributed by atoms with Crippen molar-refractivity contribution >= 4 is 28.1 Å². The van der Waals surface area contributed by atoms with Crippen LogP contribution in [-0.4, -0.2) is 7.11 Å². The first-order chi connectivity index (χ1) is 9.10. The van der Waals surface area contributed by atoms with Gasteiger partial charge in [-0.2, -0.15) is 0 Å². The average molecular weight is 321 g/mol. The maximum Gasteiger partial charge on any atom is 0.138 e. The Labute approximate surface area is 120 Å². The molecule has 0 N–H and O–H groups in total. The maximum atomic E-state index is 13.6. The predicted octanol–water partition coefficient (Wildman–Crippen LogP) is 5.08. The van der Waals surface area contributed by atoms with E-state index < -0.39 is 0 Å². The van der Waals surface area contributed by atoms with Gasteiger partial charge >= 0.3 is 0 Å². The summed E-state index contributed by atoms with van der Waals surface area (Å²) in [7, 11) is 1.64. The number of halogens is 2. The molecule has 0 radical (unpaired) electrons. The van der Waals surface area contributed by atoms with E-state index in [-0.39, 0.29) is 5.82 Å². The zero-order valence-corrected chi connectivity index (χ0v) is 12.4. The Kier molecular flexibility index (Phi) is 4.38. The maximum absolute atomic E-state index is 13.6. The van der Waals surface area contributed by atoms with Gasteiger partial charge in [0.25, 0.3) is 0 Å². The van der Waals surface area contributed by atoms with Gasteiger partial charge in [0.15, 0.2) is 0 Å². The van der Waals surface area contributed by atoms with Gasteiger partial charge in [-0.1, -0.05) is 30.4 Å². The van der Waals surface area contributed by atoms with E-state index in [1.807, 2.05) is 49.4 Å². The summed E-state index contributed by atoms with van der Waals surface area (Å²) in [6.45, 7) is 1.87. The normalized spacial score (nSPS) is 10.9. The van der Waals surface area contributed by atoms with E-state index in [9.17, 15) is 4.39 Å². The second kappa shape index (κ2) is 6.02. The van der Waals surface area contributed by atoms with Crippen LogP contribution in [0, 0.1) is 12.7 Å². The Morgan fingerprint density at radius 2 is 1.68 bits per heavy atom. The molecular weight excluding hydrogens is 307 g/mol. The van der Waals surface area contributed by atoms with Gasteiger partial charge in [0.1, 0.15) is 11.6 Å². The quantitative estimate of drug-likeness (QED) is 0.717. The van der Waals surface area contributed by atoms with Crippen LogP contribution >= 0.6 is 15.9 Å². The van der Waals surface area contributed by atoms with Crippen LogP contribution in [0.1, 0.15) is 16.7 Å². The molecule has 0 bridgehead atoms. The van der Waals surface area contributed by atoms with Gasteiger partial charge in [-0.15, -0.1) is 0 Å². The van der Waals surface area contributed by atoms with E-state index in [1.54, 1.807) is 7.11 Å². The molecular formula is C16H14BrFO. The minimum absolute atomic E-state index is 0.241. The third-order valence-electron chi connectivity index (χ3n) is 2.82. The van der Waals surface area contributed by atoms with Crippen LogP contribution in [0.15, 0.2) is 40.9 Å². The summed E-state index contributed by atoms with van der Waals surface area (Å²) < 4.78 is 19.2. The first kappa shape index (κ1) is 13.8. The Bertz CT molecular complexity index is 580. The van der Waals surface area contributed by atoms with E-state index >= 15 is 0 Å². The van der Waals surface area contributed by atoms with Crippen molar-refractivity contribution in [2.45, 2.75) is 6.92 Å². The van der Waals surface area contributed by atoms with Crippen LogP contribution in [0.2, 0.25) is 0 Å². The van der Waals surface area contributed by atoms with Gasteiger partial charge in [0.2, 0.25) is 0 Å². The lowest BCUT2D eigenvalue weighted by atomic mass is 10.1. The third-order valence-corrected chi connectivity index (χ3v) is 3.82. The van der Waals surface area contributed by atoms with Crippen LogP contribution in [0.25, 0.3) is 12.2 Å². The molecule has 0 saturated heterocycles. The molecule has 2 rings (SSSR count). The zero-order chi connectivity index (χ0) is 13.8. The molecule has 0 unspecified atom stereocenters. The molecule has 0 aliphatic carbocycles. The summed E-state index contributed by atoms with van der Waals surface area (Å²) >= 11 is 3.21. The molecule has 0 aliphatic heterocycles. The highest BCUT2D eigenvalue weighted by atomic mass is 79.9. The second-order valence-electron chi connectivity index (χ2n) is 4.24. The molecule has 0 spiro atoms. The van der Waals surface area contributed by atoms with E-state index in [0.717, 1.165) is 22.4 Å². The molecule has 0 aliphatic rings. The zero-order valence-electron chi connectivity index (χ0n) is 10.8. The summed E-state index contributed by atoms with van der Waals surface area (Å²) in [6, 6.07) is 11.2. The third kappa shape index (κ3) is 3.44. The van der Waals surface area contributed by atoms with Crippen LogP contribution < -0.4 is 4.74 Å². The number of rotatable bonds is 3. The molecule has 0 fully saturated rings. The molecule has 0 atom stereocenters. The first-order valence-electron chi connectivity index (χ1n) is 5.88. The monoisotopic (exact) mass is 320 g/mol. The smallest absolute Gasteiger partial charge is 0.138 e. The summed E-state index contributed by atoms with van der Waals surface area (Å²) in [4.78, 5) is 0. The van der Waals surface area contributed by atoms with Gasteiger partial charge in [0.05, 0.1) is 11.6 Å². The van der Waals surface area contributed by atoms with Crippen molar-refractivity contribution in [3.8, 4) is 5.75 Å². The molecule has 3 heteroatoms. The molecule has 0 amide bonds. The topological polar surface area (TPSA) is 9.23 Å². The van der Waals surface area contributed by atoms with Gasteiger partial charge in [0, 0.05) is 0 Å². The predicted molar refractivity (Wildman–Crippen MR) is 80.8 cm³/mol. The molecule has 19 heavy (non-hydrogen) atoms. The lowest BCUT2D eigenvalue weighted by molar-refractivity contribution is 0.415. The minimum atomic E-state index is -0.241. The Balaban J connectivity index is 2.22. The molecule has 2 aromatic rings. The highest BCUT2D eigenvalue weighted by Crippen LogP contribution is 2.23. The van der Waals surface area contributed by atoms with Crippen molar-refractivity contribution in [2.75, 3.05) is 7.11 Å². The highest BCUT2D eigenvalue weighted by molar-refractivity contribution is 9.10. The van der Waals surface area contributed by atoms with Crippen molar-refractivity contribution in [3.05, 3.63) is 63.4 Å². The molecule has 0 saturated carbocycles. The van der Waals surface area contributed by atoms with Gasteiger partial charge < -0.3 is 4.74 Å². The summed E-state index contributed by atoms with van der Waals surface area (Å²) in [5.74, 6) is 0.581. The van der Waals surface area contributed by atoms with Crippen molar-refractivity contribution in [1.29, 1.82) is 0 Å². The fraction of sp³-hybridized carbons (Fsp3) is 0.125. The number of ether oxygens (including phenoxy) is 1. The first-order valence-corrected chi connectivity index (χ1v) is 6.67. The Hall–Kier alpha value is -1.61.